The van der Waals surface area contributed by atoms with Gasteiger partial charge in [0.1, 0.15) is 42.3 Å². The third-order valence-corrected chi connectivity index (χ3v) is 11.0. The zero-order valence-corrected chi connectivity index (χ0v) is 39.0. The number of nitrogens with two attached hydrogens (primary N) is 1. The monoisotopic (exact) mass is 968 g/mol. The molecule has 382 valence electrons. The Morgan fingerprint density at radius 2 is 1.19 bits per heavy atom. The summed E-state index contributed by atoms with van der Waals surface area (Å²) in [4.78, 5) is 154. The van der Waals surface area contributed by atoms with Gasteiger partial charge in [0, 0.05) is 19.4 Å². The minimum atomic E-state index is -1.84. The van der Waals surface area contributed by atoms with E-state index in [0.717, 1.165) is 13.3 Å². The number of aliphatic hydroxyl groups is 1. The van der Waals surface area contributed by atoms with Crippen molar-refractivity contribution in [2.24, 2.45) is 17.6 Å². The van der Waals surface area contributed by atoms with E-state index in [2.05, 4.69) is 37.2 Å². The molecule has 0 saturated carbocycles. The summed E-state index contributed by atoms with van der Waals surface area (Å²) >= 11 is 0. The lowest BCUT2D eigenvalue weighted by Gasteiger charge is -2.32. The smallest absolute Gasteiger partial charge is 0.326 e. The molecule has 9 amide bonds. The van der Waals surface area contributed by atoms with Gasteiger partial charge in [-0.25, -0.2) is 4.79 Å². The molecule has 2 rings (SSSR count). The van der Waals surface area contributed by atoms with E-state index in [1.165, 1.54) is 4.90 Å². The van der Waals surface area contributed by atoms with E-state index in [0.29, 0.717) is 19.4 Å². The minimum Gasteiger partial charge on any atom is -0.481 e. The molecule has 0 radical (unpaired) electrons. The van der Waals surface area contributed by atoms with Crippen LogP contribution in [0.15, 0.2) is 0 Å². The number of carboxylic acid groups (broad SMARTS) is 3. The average Bonchev–Trinajstić information content (AvgIpc) is 3.97. The Hall–Kier alpha value is -6.44. The van der Waals surface area contributed by atoms with Crippen molar-refractivity contribution < 1.29 is 78.0 Å². The summed E-state index contributed by atoms with van der Waals surface area (Å²) in [6.45, 7) is 8.40. The zero-order chi connectivity index (χ0) is 51.4. The molecule has 0 aromatic carbocycles. The molecule has 26 nitrogen and oxygen atoms in total. The zero-order valence-electron chi connectivity index (χ0n) is 39.0. The molecule has 14 N–H and O–H groups in total. The van der Waals surface area contributed by atoms with Crippen LogP contribution in [-0.2, 0) is 57.5 Å². The molecule has 2 fully saturated rings. The van der Waals surface area contributed by atoms with Crippen molar-refractivity contribution in [3.63, 3.8) is 0 Å². The fraction of sp³-hybridized carbons (Fsp3) is 0.714. The number of nitrogens with zero attached hydrogens (tertiary/aromatic N) is 1. The topological polar surface area (TPSA) is 411 Å². The van der Waals surface area contributed by atoms with E-state index in [9.17, 15) is 72.9 Å². The van der Waals surface area contributed by atoms with Crippen LogP contribution in [0.4, 0.5) is 0 Å². The number of primary amides is 1. The highest BCUT2D eigenvalue weighted by atomic mass is 16.4. The van der Waals surface area contributed by atoms with Crippen molar-refractivity contribution in [3.8, 4) is 0 Å². The molecule has 0 spiro atoms. The fourth-order valence-electron chi connectivity index (χ4n) is 7.55. The summed E-state index contributed by atoms with van der Waals surface area (Å²) in [7, 11) is 0. The van der Waals surface area contributed by atoms with E-state index in [1.54, 1.807) is 0 Å². The molecule has 0 aromatic rings. The first-order valence-corrected chi connectivity index (χ1v) is 22.6. The Morgan fingerprint density at radius 3 is 1.72 bits per heavy atom. The van der Waals surface area contributed by atoms with E-state index in [4.69, 9.17) is 10.8 Å². The number of aliphatic hydroxyl groups excluding tert-OH is 1. The summed E-state index contributed by atoms with van der Waals surface area (Å²) in [5.74, 6) is -12.7. The molecule has 68 heavy (non-hydrogen) atoms. The lowest BCUT2D eigenvalue weighted by molar-refractivity contribution is -0.143. The van der Waals surface area contributed by atoms with Crippen LogP contribution in [0.2, 0.25) is 0 Å². The highest BCUT2D eigenvalue weighted by molar-refractivity contribution is 5.99. The Morgan fingerprint density at radius 1 is 0.632 bits per heavy atom. The van der Waals surface area contributed by atoms with Gasteiger partial charge in [-0.3, -0.25) is 52.7 Å². The maximum absolute atomic E-state index is 14.2. The number of likely N-dealkylation sites (tertiary alicyclic amines) is 1. The molecule has 0 aliphatic carbocycles. The van der Waals surface area contributed by atoms with Gasteiger partial charge in [-0.15, -0.1) is 0 Å². The summed E-state index contributed by atoms with van der Waals surface area (Å²) in [5.41, 5.74) is 5.26. The summed E-state index contributed by atoms with van der Waals surface area (Å²) in [6.07, 6.45) is -2.67. The third-order valence-electron chi connectivity index (χ3n) is 11.0. The van der Waals surface area contributed by atoms with Crippen LogP contribution in [0, 0.1) is 11.8 Å². The Labute approximate surface area is 392 Å². The van der Waals surface area contributed by atoms with Crippen molar-refractivity contribution in [3.05, 3.63) is 0 Å². The van der Waals surface area contributed by atoms with Crippen LogP contribution >= 0.6 is 0 Å². The second-order valence-corrected chi connectivity index (χ2v) is 17.8. The van der Waals surface area contributed by atoms with Crippen molar-refractivity contribution >= 4 is 71.1 Å². The third kappa shape index (κ3) is 19.8. The molecular weight excluding hydrogens is 901 g/mol. The Kier molecular flexibility index (Phi) is 23.8. The first-order valence-electron chi connectivity index (χ1n) is 22.6. The predicted octanol–water partition coefficient (Wildman–Crippen LogP) is -4.08. The van der Waals surface area contributed by atoms with Crippen molar-refractivity contribution in [2.75, 3.05) is 19.6 Å². The highest BCUT2D eigenvalue weighted by Gasteiger charge is 2.41. The SMILES string of the molecule is CC(C)C[C@H](NC(=O)[C@@H]1CCCN1)C(=O)N[C@@H](CC(C)C)C(=O)N1CCC[C@H]1C(=O)N[C@H](C(=O)N[C@@H](CCC(=O)O)C(=O)N[C@@H](CC(N)=O)C(=O)NCC(=O)N[C@@H](CCC(=O)O)C(=O)O)[C@@H](C)O. The van der Waals surface area contributed by atoms with Crippen molar-refractivity contribution in [1.29, 1.82) is 0 Å². The van der Waals surface area contributed by atoms with Crippen molar-refractivity contribution in [1.82, 2.24) is 47.4 Å². The molecule has 9 atom stereocenters. The van der Waals surface area contributed by atoms with Crippen molar-refractivity contribution in [2.45, 2.75) is 160 Å². The maximum Gasteiger partial charge on any atom is 0.326 e. The maximum atomic E-state index is 14.2. The van der Waals surface area contributed by atoms with E-state index in [1.807, 2.05) is 33.0 Å². The number of carbonyl (C=O) groups is 12. The van der Waals surface area contributed by atoms with Gasteiger partial charge in [0.05, 0.1) is 25.1 Å². The molecular formula is C42H68N10O16. The Balaban J connectivity index is 2.24. The largest absolute Gasteiger partial charge is 0.481 e. The summed E-state index contributed by atoms with van der Waals surface area (Å²) < 4.78 is 0. The molecule has 0 bridgehead atoms. The lowest BCUT2D eigenvalue weighted by atomic mass is 9.99. The normalized spacial score (nSPS) is 18.7. The second kappa shape index (κ2) is 28.0. The number of amides is 9. The predicted molar refractivity (Wildman–Crippen MR) is 236 cm³/mol. The second-order valence-electron chi connectivity index (χ2n) is 17.8. The number of nitrogens with one attached hydrogen (secondary N) is 8. The first-order chi connectivity index (χ1) is 31.8. The van der Waals surface area contributed by atoms with Crippen LogP contribution in [0.3, 0.4) is 0 Å². The van der Waals surface area contributed by atoms with E-state index < -0.39 is 158 Å². The number of hydrogen-bond acceptors (Lipinski definition) is 14. The van der Waals surface area contributed by atoms with Gasteiger partial charge in [-0.2, -0.15) is 0 Å². The molecule has 0 aromatic heterocycles. The van der Waals surface area contributed by atoms with Crippen LogP contribution < -0.4 is 48.3 Å². The lowest BCUT2D eigenvalue weighted by Crippen LogP contribution is -2.61. The molecule has 2 aliphatic rings. The highest BCUT2D eigenvalue weighted by Crippen LogP contribution is 2.22. The molecule has 0 unspecified atom stereocenters. The average molecular weight is 969 g/mol. The van der Waals surface area contributed by atoms with Crippen LogP contribution in [0.1, 0.15) is 105 Å². The van der Waals surface area contributed by atoms with Crippen LogP contribution in [0.25, 0.3) is 0 Å². The van der Waals surface area contributed by atoms with Gasteiger partial charge in [0.2, 0.25) is 53.2 Å². The molecule has 26 heteroatoms. The minimum absolute atomic E-state index is 0.00476. The Bertz CT molecular complexity index is 1860. The van der Waals surface area contributed by atoms with Crippen LogP contribution in [-0.4, -0.2) is 170 Å². The molecule has 2 aliphatic heterocycles. The van der Waals surface area contributed by atoms with Gasteiger partial charge in [0.15, 0.2) is 0 Å². The van der Waals surface area contributed by atoms with Gasteiger partial charge < -0.3 is 73.6 Å². The quantitative estimate of drug-likeness (QED) is 0.0339. The number of rotatable bonds is 29. The fourth-order valence-corrected chi connectivity index (χ4v) is 7.55. The van der Waals surface area contributed by atoms with E-state index in [-0.39, 0.29) is 43.6 Å². The van der Waals surface area contributed by atoms with E-state index >= 15 is 0 Å². The molecule has 2 heterocycles. The standard InChI is InChI=1S/C42H68N10O16/c1-20(2)16-26(48-36(61)23-8-6-14-44-23)38(63)50-28(17-21(3)4)41(66)52-15-7-9-29(52)39(64)51-34(22(5)53)40(65)47-24(10-12-32(56)57)37(62)49-27(18-30(43)54)35(60)45-19-31(55)46-25(42(67)68)11-13-33(58)59/h20-29,34,44,53H,6-19H2,1-5H3,(H2,43,54)(H,45,60)(H,46,55)(H,47,65)(H,48,61)(H,49,62)(H,50,63)(H,51,64)(H,56,57)(H,58,59)(H,67,68)/t22-,23+,24+,25+,26+,27+,28+,29+,34+/m1/s1. The van der Waals surface area contributed by atoms with Gasteiger partial charge in [0.25, 0.3) is 0 Å². The van der Waals surface area contributed by atoms with Crippen LogP contribution in [0.5, 0.6) is 0 Å². The summed E-state index contributed by atoms with van der Waals surface area (Å²) in [6, 6.07) is -10.8. The number of hydrogen-bond donors (Lipinski definition) is 13. The summed E-state index contributed by atoms with van der Waals surface area (Å²) in [5, 5.41) is 57.7. The first kappa shape index (κ1) is 57.7. The van der Waals surface area contributed by atoms with Gasteiger partial charge in [-0.1, -0.05) is 27.7 Å². The van der Waals surface area contributed by atoms with Gasteiger partial charge in [-0.05, 0) is 76.7 Å². The molecule has 2 saturated heterocycles. The van der Waals surface area contributed by atoms with Gasteiger partial charge >= 0.3 is 17.9 Å². The number of carboxylic acids is 3. The number of aliphatic carboxylic acids is 3. The number of carbonyl (C=O) groups excluding carboxylic acids is 9.